The number of nitrogens with one attached hydrogen (secondary N) is 1. The number of carbonyl (C=O) groups excluding carboxylic acids is 1. The van der Waals surface area contributed by atoms with Crippen molar-refractivity contribution in [2.75, 3.05) is 24.7 Å². The Balaban J connectivity index is 1.99. The van der Waals surface area contributed by atoms with Gasteiger partial charge in [0.1, 0.15) is 0 Å². The lowest BCUT2D eigenvalue weighted by molar-refractivity contribution is 0.0601. The van der Waals surface area contributed by atoms with E-state index in [4.69, 9.17) is 10.3 Å². The first-order valence-corrected chi connectivity index (χ1v) is 6.11. The molecule has 0 radical (unpaired) electrons. The van der Waals surface area contributed by atoms with Gasteiger partial charge in [-0.25, -0.2) is 4.79 Å². The summed E-state index contributed by atoms with van der Waals surface area (Å²) in [6.07, 6.45) is 0.572. The quantitative estimate of drug-likeness (QED) is 0.628. The van der Waals surface area contributed by atoms with Gasteiger partial charge in [0.05, 0.1) is 24.0 Å². The summed E-state index contributed by atoms with van der Waals surface area (Å²) in [4.78, 5) is 15.6. The summed E-state index contributed by atoms with van der Waals surface area (Å²) in [7, 11) is 1.34. The molecule has 3 N–H and O–H groups in total. The fourth-order valence-electron chi connectivity index (χ4n) is 1.70. The average Bonchev–Trinajstić information content (AvgIpc) is 2.85. The fraction of sp³-hybridized carbons (Fsp3) is 0.308. The Kier molecular flexibility index (Phi) is 4.19. The van der Waals surface area contributed by atoms with Gasteiger partial charge in [-0.1, -0.05) is 5.16 Å². The number of hydrogen-bond donors (Lipinski definition) is 2. The van der Waals surface area contributed by atoms with Crippen LogP contribution in [0.2, 0.25) is 0 Å². The minimum absolute atomic E-state index is 0.402. The number of rotatable bonds is 5. The van der Waals surface area contributed by atoms with E-state index in [-0.39, 0.29) is 0 Å². The number of anilines is 2. The molecular formula is C13H16N4O3. The highest BCUT2D eigenvalue weighted by Crippen LogP contribution is 2.20. The predicted octanol–water partition coefficient (Wildman–Crippen LogP) is 1.40. The average molecular weight is 276 g/mol. The molecule has 1 aromatic carbocycles. The molecule has 2 aromatic rings. The van der Waals surface area contributed by atoms with Gasteiger partial charge < -0.3 is 20.3 Å². The predicted molar refractivity (Wildman–Crippen MR) is 73.4 cm³/mol. The number of ether oxygens (including phenoxy) is 1. The highest BCUT2D eigenvalue weighted by molar-refractivity contribution is 5.91. The molecule has 7 heteroatoms. The number of esters is 1. The molecule has 0 unspecified atom stereocenters. The second kappa shape index (κ2) is 6.05. The van der Waals surface area contributed by atoms with Crippen LogP contribution < -0.4 is 11.1 Å². The molecule has 0 fully saturated rings. The molecule has 0 atom stereocenters. The zero-order chi connectivity index (χ0) is 14.5. The maximum atomic E-state index is 11.5. The number of aromatic nitrogens is 2. The van der Waals surface area contributed by atoms with Crippen molar-refractivity contribution >= 4 is 17.3 Å². The van der Waals surface area contributed by atoms with E-state index in [0.29, 0.717) is 41.6 Å². The van der Waals surface area contributed by atoms with Crippen LogP contribution in [-0.2, 0) is 11.2 Å². The molecule has 0 saturated carbocycles. The van der Waals surface area contributed by atoms with Crippen molar-refractivity contribution in [3.8, 4) is 0 Å². The number of aryl methyl sites for hydroxylation is 1. The number of benzene rings is 1. The Bertz CT molecular complexity index is 609. The number of nitrogen functional groups attached to an aromatic ring is 1. The summed E-state index contributed by atoms with van der Waals surface area (Å²) >= 11 is 0. The summed E-state index contributed by atoms with van der Waals surface area (Å²) in [5, 5.41) is 6.84. The van der Waals surface area contributed by atoms with Gasteiger partial charge in [-0.3, -0.25) is 0 Å². The van der Waals surface area contributed by atoms with Gasteiger partial charge in [0.15, 0.2) is 5.82 Å². The zero-order valence-electron chi connectivity index (χ0n) is 11.3. The highest BCUT2D eigenvalue weighted by Gasteiger charge is 2.09. The van der Waals surface area contributed by atoms with Crippen LogP contribution in [0.4, 0.5) is 11.4 Å². The maximum Gasteiger partial charge on any atom is 0.337 e. The number of nitrogens with zero attached hydrogens (tertiary/aromatic N) is 2. The Hall–Kier alpha value is -2.57. The van der Waals surface area contributed by atoms with Crippen LogP contribution in [0.15, 0.2) is 22.7 Å². The van der Waals surface area contributed by atoms with Crippen LogP contribution >= 0.6 is 0 Å². The van der Waals surface area contributed by atoms with Crippen molar-refractivity contribution in [2.24, 2.45) is 0 Å². The molecule has 20 heavy (non-hydrogen) atoms. The van der Waals surface area contributed by atoms with Gasteiger partial charge in [-0.05, 0) is 25.1 Å². The van der Waals surface area contributed by atoms with Crippen molar-refractivity contribution in [3.05, 3.63) is 35.5 Å². The summed E-state index contributed by atoms with van der Waals surface area (Å²) < 4.78 is 9.67. The highest BCUT2D eigenvalue weighted by atomic mass is 16.5. The first-order valence-electron chi connectivity index (χ1n) is 6.11. The topological polar surface area (TPSA) is 103 Å². The molecule has 0 saturated heterocycles. The third kappa shape index (κ3) is 3.25. The number of hydrogen-bond acceptors (Lipinski definition) is 7. The Morgan fingerprint density at radius 2 is 2.30 bits per heavy atom. The van der Waals surface area contributed by atoms with Crippen molar-refractivity contribution in [3.63, 3.8) is 0 Å². The standard InChI is InChI=1S/C13H16N4O3/c1-8-16-12(20-17-8)5-6-15-11-7-9(13(18)19-2)3-4-10(11)14/h3-4,7,15H,5-6,14H2,1-2H3. The van der Waals surface area contributed by atoms with Crippen LogP contribution in [0.25, 0.3) is 0 Å². The van der Waals surface area contributed by atoms with Crippen molar-refractivity contribution in [2.45, 2.75) is 13.3 Å². The van der Waals surface area contributed by atoms with Crippen LogP contribution in [0.3, 0.4) is 0 Å². The molecule has 0 amide bonds. The van der Waals surface area contributed by atoms with Gasteiger partial charge in [0, 0.05) is 13.0 Å². The summed E-state index contributed by atoms with van der Waals surface area (Å²) in [5.74, 6) is 0.755. The molecule has 2 rings (SSSR count). The van der Waals surface area contributed by atoms with Gasteiger partial charge in [-0.2, -0.15) is 4.98 Å². The molecule has 0 aliphatic rings. The third-order valence-electron chi connectivity index (χ3n) is 2.70. The van der Waals surface area contributed by atoms with Crippen LogP contribution in [0.1, 0.15) is 22.1 Å². The second-order valence-electron chi connectivity index (χ2n) is 4.21. The largest absolute Gasteiger partial charge is 0.465 e. The molecule has 106 valence electrons. The van der Waals surface area contributed by atoms with E-state index >= 15 is 0 Å². The van der Waals surface area contributed by atoms with Crippen LogP contribution in [-0.4, -0.2) is 29.8 Å². The molecule has 1 aromatic heterocycles. The molecule has 0 aliphatic carbocycles. The van der Waals surface area contributed by atoms with Gasteiger partial charge >= 0.3 is 5.97 Å². The van der Waals surface area contributed by atoms with Gasteiger partial charge in [0.25, 0.3) is 0 Å². The molecule has 0 spiro atoms. The van der Waals surface area contributed by atoms with Crippen LogP contribution in [0, 0.1) is 6.92 Å². The Morgan fingerprint density at radius 1 is 1.50 bits per heavy atom. The van der Waals surface area contributed by atoms with Gasteiger partial charge in [0.2, 0.25) is 5.89 Å². The monoisotopic (exact) mass is 276 g/mol. The Morgan fingerprint density at radius 3 is 2.95 bits per heavy atom. The first-order chi connectivity index (χ1) is 9.60. The second-order valence-corrected chi connectivity index (χ2v) is 4.21. The van der Waals surface area contributed by atoms with E-state index in [2.05, 4.69) is 20.2 Å². The summed E-state index contributed by atoms with van der Waals surface area (Å²) in [5.41, 5.74) is 7.52. The van der Waals surface area contributed by atoms with Crippen LogP contribution in [0.5, 0.6) is 0 Å². The number of carbonyl (C=O) groups is 1. The molecule has 0 bridgehead atoms. The lowest BCUT2D eigenvalue weighted by atomic mass is 10.1. The molecular weight excluding hydrogens is 260 g/mol. The molecule has 7 nitrogen and oxygen atoms in total. The molecule has 1 heterocycles. The first kappa shape index (κ1) is 13.9. The van der Waals surface area contributed by atoms with Gasteiger partial charge in [-0.15, -0.1) is 0 Å². The lowest BCUT2D eigenvalue weighted by Gasteiger charge is -2.09. The zero-order valence-corrected chi connectivity index (χ0v) is 11.3. The van der Waals surface area contributed by atoms with E-state index in [1.54, 1.807) is 25.1 Å². The fourth-order valence-corrected chi connectivity index (χ4v) is 1.70. The minimum Gasteiger partial charge on any atom is -0.465 e. The maximum absolute atomic E-state index is 11.5. The third-order valence-corrected chi connectivity index (χ3v) is 2.70. The number of nitrogens with two attached hydrogens (primary N) is 1. The van der Waals surface area contributed by atoms with E-state index in [1.807, 2.05) is 0 Å². The minimum atomic E-state index is -0.402. The lowest BCUT2D eigenvalue weighted by Crippen LogP contribution is -2.09. The number of methoxy groups -OCH3 is 1. The van der Waals surface area contributed by atoms with Crippen molar-refractivity contribution < 1.29 is 14.1 Å². The van der Waals surface area contributed by atoms with E-state index < -0.39 is 5.97 Å². The van der Waals surface area contributed by atoms with E-state index in [1.165, 1.54) is 7.11 Å². The van der Waals surface area contributed by atoms with Crippen molar-refractivity contribution in [1.29, 1.82) is 0 Å². The van der Waals surface area contributed by atoms with Crippen molar-refractivity contribution in [1.82, 2.24) is 10.1 Å². The van der Waals surface area contributed by atoms with E-state index in [0.717, 1.165) is 0 Å². The summed E-state index contributed by atoms with van der Waals surface area (Å²) in [6, 6.07) is 4.93. The smallest absolute Gasteiger partial charge is 0.337 e. The Labute approximate surface area is 116 Å². The van der Waals surface area contributed by atoms with E-state index in [9.17, 15) is 4.79 Å². The summed E-state index contributed by atoms with van der Waals surface area (Å²) in [6.45, 7) is 2.33. The normalized spacial score (nSPS) is 10.3. The molecule has 0 aliphatic heterocycles. The SMILES string of the molecule is COC(=O)c1ccc(N)c(NCCc2nc(C)no2)c1.